The number of carbonyl (C=O) groups excluding carboxylic acids is 2. The lowest BCUT2D eigenvalue weighted by Crippen LogP contribution is -2.64. The number of esters is 2. The summed E-state index contributed by atoms with van der Waals surface area (Å²) in [7, 11) is -5.16. The van der Waals surface area contributed by atoms with Crippen molar-refractivity contribution in [2.75, 3.05) is 13.2 Å². The van der Waals surface area contributed by atoms with Gasteiger partial charge in [-0.2, -0.15) is 0 Å². The quantitative estimate of drug-likeness (QED) is 0.00999. The van der Waals surface area contributed by atoms with Crippen molar-refractivity contribution in [3.63, 3.8) is 0 Å². The van der Waals surface area contributed by atoms with Crippen molar-refractivity contribution in [2.24, 2.45) is 0 Å². The maximum absolute atomic E-state index is 12.8. The summed E-state index contributed by atoms with van der Waals surface area (Å²) in [5, 5.41) is 60.5. The Labute approximate surface area is 396 Å². The molecular formula is C51H87O14P. The molecule has 0 saturated heterocycles. The van der Waals surface area contributed by atoms with Gasteiger partial charge in [0.2, 0.25) is 0 Å². The molecule has 0 spiro atoms. The van der Waals surface area contributed by atoms with Crippen LogP contribution in [0.3, 0.4) is 0 Å². The number of carbonyl (C=O) groups is 2. The van der Waals surface area contributed by atoms with Crippen LogP contribution >= 0.6 is 7.82 Å². The summed E-state index contributed by atoms with van der Waals surface area (Å²) >= 11 is 0. The van der Waals surface area contributed by atoms with E-state index in [1.54, 1.807) is 24.3 Å². The lowest BCUT2D eigenvalue weighted by Gasteiger charge is -2.41. The first-order valence-electron chi connectivity index (χ1n) is 24.8. The van der Waals surface area contributed by atoms with Crippen LogP contribution in [0.1, 0.15) is 174 Å². The molecule has 1 fully saturated rings. The number of allylic oxidation sites excluding steroid dienone is 10. The third kappa shape index (κ3) is 32.1. The molecule has 1 saturated carbocycles. The van der Waals surface area contributed by atoms with Gasteiger partial charge in [0.1, 0.15) is 43.2 Å². The first-order chi connectivity index (χ1) is 31.8. The summed E-state index contributed by atoms with van der Waals surface area (Å²) in [6.45, 7) is 3.05. The number of hydrogen-bond acceptors (Lipinski definition) is 13. The van der Waals surface area contributed by atoms with Gasteiger partial charge in [0, 0.05) is 12.8 Å². The predicted molar refractivity (Wildman–Crippen MR) is 259 cm³/mol. The summed E-state index contributed by atoms with van der Waals surface area (Å²) in [5.74, 6) is -1.28. The number of hydrogen-bond donors (Lipinski definition) is 7. The fourth-order valence-corrected chi connectivity index (χ4v) is 8.14. The van der Waals surface area contributed by atoms with Gasteiger partial charge in [-0.25, -0.2) is 4.57 Å². The van der Waals surface area contributed by atoms with Gasteiger partial charge in [-0.3, -0.25) is 18.6 Å². The standard InChI is InChI=1S/C51H87O14P/c1-3-5-7-9-11-13-15-17-18-19-20-22-24-26-28-30-34-39-45(54)64-43(41-63-66(60,61)65-51-49(58)47(56)46(55)48(57)50(51)59)40-62-44(53)38-35-31-33-37-42(52)36-32-29-27-25-23-21-16-14-12-10-8-6-4-2/h6,8,12,14,21,23,27,29,31-33,36,42-43,46-52,55-59H,3-5,7,9-11,13,15-20,22,24-26,28,30,34-35,37-41H2,1-2H3,(H,60,61)/b8-6-,14-12-,23-21-,29-27-,33-31-,36-32-/t42?,43-,46?,47-,48+,49-,50-,51?/m1/s1. The molecule has 0 aliphatic heterocycles. The van der Waals surface area contributed by atoms with Crippen LogP contribution in [0.15, 0.2) is 72.9 Å². The summed E-state index contributed by atoms with van der Waals surface area (Å²) in [6, 6.07) is 0. The predicted octanol–water partition coefficient (Wildman–Crippen LogP) is 9.25. The molecule has 9 atom stereocenters. The van der Waals surface area contributed by atoms with E-state index in [2.05, 4.69) is 50.3 Å². The average molecular weight is 955 g/mol. The molecule has 0 aromatic carbocycles. The molecule has 14 nitrogen and oxygen atoms in total. The Kier molecular flexibility index (Phi) is 37.3. The van der Waals surface area contributed by atoms with E-state index in [1.165, 1.54) is 77.0 Å². The molecule has 0 amide bonds. The van der Waals surface area contributed by atoms with Crippen LogP contribution < -0.4 is 0 Å². The molecule has 0 bridgehead atoms. The lowest BCUT2D eigenvalue weighted by atomic mass is 9.85. The Morgan fingerprint density at radius 1 is 0.561 bits per heavy atom. The third-order valence-corrected chi connectivity index (χ3v) is 12.1. The van der Waals surface area contributed by atoms with Crippen molar-refractivity contribution >= 4 is 19.8 Å². The highest BCUT2D eigenvalue weighted by Gasteiger charge is 2.51. The van der Waals surface area contributed by atoms with Crippen LogP contribution in [0.2, 0.25) is 0 Å². The van der Waals surface area contributed by atoms with Gasteiger partial charge in [0.25, 0.3) is 0 Å². The second kappa shape index (κ2) is 40.2. The van der Waals surface area contributed by atoms with Gasteiger partial charge in [0.05, 0.1) is 12.7 Å². The van der Waals surface area contributed by atoms with E-state index in [4.69, 9.17) is 18.5 Å². The van der Waals surface area contributed by atoms with Crippen molar-refractivity contribution in [3.05, 3.63) is 72.9 Å². The Morgan fingerprint density at radius 3 is 1.58 bits per heavy atom. The van der Waals surface area contributed by atoms with E-state index in [0.717, 1.165) is 51.4 Å². The number of aliphatic hydroxyl groups excluding tert-OH is 6. The molecule has 380 valence electrons. The molecule has 0 aromatic rings. The SMILES string of the molecule is CC/C=C\C/C=C\C/C=C\C/C=C\C=C/C(O)C/C=C\CCC(=O)OC[C@H](COP(=O)(O)OC1[C@H](O)[C@H](O)C(O)[C@H](O)[C@H]1O)OC(=O)CCCCCCCCCCCCCCCCCCC. The van der Waals surface area contributed by atoms with Crippen LogP contribution in [0, 0.1) is 0 Å². The van der Waals surface area contributed by atoms with Crippen LogP contribution in [0.5, 0.6) is 0 Å². The van der Waals surface area contributed by atoms with E-state index in [9.17, 15) is 49.7 Å². The molecule has 7 N–H and O–H groups in total. The van der Waals surface area contributed by atoms with E-state index in [0.29, 0.717) is 19.3 Å². The number of aliphatic hydroxyl groups is 6. The molecule has 15 heteroatoms. The minimum absolute atomic E-state index is 0.0409. The Morgan fingerprint density at radius 2 is 1.05 bits per heavy atom. The van der Waals surface area contributed by atoms with E-state index in [-0.39, 0.29) is 12.8 Å². The highest BCUT2D eigenvalue weighted by atomic mass is 31.2. The number of unbranched alkanes of at least 4 members (excludes halogenated alkanes) is 16. The normalized spacial score (nSPS) is 22.4. The molecule has 0 heterocycles. The summed E-state index contributed by atoms with van der Waals surface area (Å²) < 4.78 is 33.5. The van der Waals surface area contributed by atoms with Gasteiger partial charge >= 0.3 is 19.8 Å². The summed E-state index contributed by atoms with van der Waals surface area (Å²) in [4.78, 5) is 35.8. The monoisotopic (exact) mass is 955 g/mol. The van der Waals surface area contributed by atoms with Crippen LogP contribution in [-0.2, 0) is 32.7 Å². The molecule has 1 aliphatic rings. The Bertz CT molecular complexity index is 1450. The molecular weight excluding hydrogens is 868 g/mol. The fourth-order valence-electron chi connectivity index (χ4n) is 7.16. The highest BCUT2D eigenvalue weighted by Crippen LogP contribution is 2.47. The smallest absolute Gasteiger partial charge is 0.462 e. The van der Waals surface area contributed by atoms with Gasteiger partial charge in [-0.05, 0) is 44.9 Å². The molecule has 1 aliphatic carbocycles. The molecule has 1 rings (SSSR count). The summed E-state index contributed by atoms with van der Waals surface area (Å²) in [5.41, 5.74) is 0. The van der Waals surface area contributed by atoms with Gasteiger partial charge in [-0.15, -0.1) is 0 Å². The Balaban J connectivity index is 2.52. The van der Waals surface area contributed by atoms with Gasteiger partial charge in [0.15, 0.2) is 6.10 Å². The molecule has 0 radical (unpaired) electrons. The van der Waals surface area contributed by atoms with Crippen molar-refractivity contribution in [1.29, 1.82) is 0 Å². The Hall–Kier alpha value is -2.75. The number of phosphoric acid groups is 1. The number of phosphoric ester groups is 1. The van der Waals surface area contributed by atoms with E-state index >= 15 is 0 Å². The van der Waals surface area contributed by atoms with E-state index < -0.39 is 81.8 Å². The second-order valence-electron chi connectivity index (χ2n) is 17.1. The van der Waals surface area contributed by atoms with Crippen LogP contribution in [-0.4, -0.2) is 110 Å². The fraction of sp³-hybridized carbons (Fsp3) is 0.725. The lowest BCUT2D eigenvalue weighted by molar-refractivity contribution is -0.220. The van der Waals surface area contributed by atoms with Crippen molar-refractivity contribution in [1.82, 2.24) is 0 Å². The number of ether oxygens (including phenoxy) is 2. The molecule has 0 aromatic heterocycles. The van der Waals surface area contributed by atoms with Crippen LogP contribution in [0.25, 0.3) is 0 Å². The maximum Gasteiger partial charge on any atom is 0.472 e. The zero-order valence-electron chi connectivity index (χ0n) is 40.1. The van der Waals surface area contributed by atoms with Gasteiger partial charge in [-0.1, -0.05) is 189 Å². The number of rotatable bonds is 40. The first-order valence-corrected chi connectivity index (χ1v) is 26.3. The third-order valence-electron chi connectivity index (χ3n) is 11.2. The largest absolute Gasteiger partial charge is 0.472 e. The second-order valence-corrected chi connectivity index (χ2v) is 18.6. The zero-order valence-corrected chi connectivity index (χ0v) is 41.0. The average Bonchev–Trinajstić information content (AvgIpc) is 3.29. The first kappa shape index (κ1) is 61.3. The van der Waals surface area contributed by atoms with Crippen LogP contribution in [0.4, 0.5) is 0 Å². The van der Waals surface area contributed by atoms with E-state index in [1.807, 2.05) is 12.2 Å². The zero-order chi connectivity index (χ0) is 48.7. The molecule has 66 heavy (non-hydrogen) atoms. The van der Waals surface area contributed by atoms with Crippen molar-refractivity contribution in [3.8, 4) is 0 Å². The highest BCUT2D eigenvalue weighted by molar-refractivity contribution is 7.47. The minimum atomic E-state index is -5.16. The minimum Gasteiger partial charge on any atom is -0.462 e. The summed E-state index contributed by atoms with van der Waals surface area (Å²) in [6.07, 6.45) is 34.0. The van der Waals surface area contributed by atoms with Crippen molar-refractivity contribution in [2.45, 2.75) is 223 Å². The topological polar surface area (TPSA) is 230 Å². The van der Waals surface area contributed by atoms with Gasteiger partial charge < -0.3 is 45.0 Å². The van der Waals surface area contributed by atoms with Crippen molar-refractivity contribution < 1.29 is 68.2 Å². The molecule has 4 unspecified atom stereocenters. The maximum atomic E-state index is 12.8.